The molecule has 0 saturated heterocycles. The minimum atomic E-state index is -1.29. The van der Waals surface area contributed by atoms with Gasteiger partial charge in [-0.25, -0.2) is 4.79 Å². The number of carbonyl (C=O) groups excluding carboxylic acids is 6. The van der Waals surface area contributed by atoms with E-state index in [4.69, 9.17) is 9.47 Å². The lowest BCUT2D eigenvalue weighted by molar-refractivity contribution is -0.155. The van der Waals surface area contributed by atoms with Crippen molar-refractivity contribution in [3.05, 3.63) is 35.9 Å². The predicted molar refractivity (Wildman–Crippen MR) is 299 cm³/mol. The molecule has 1 rings (SSSR count). The van der Waals surface area contributed by atoms with Gasteiger partial charge in [0.05, 0.1) is 12.8 Å². The first-order valence-electron chi connectivity index (χ1n) is 29.9. The van der Waals surface area contributed by atoms with E-state index in [0.717, 1.165) is 76.2 Å². The number of hydrogen-bond donors (Lipinski definition) is 4. The van der Waals surface area contributed by atoms with Crippen molar-refractivity contribution in [1.82, 2.24) is 21.3 Å². The Hall–Kier alpha value is -3.96. The number of amides is 4. The van der Waals surface area contributed by atoms with E-state index >= 15 is 0 Å². The van der Waals surface area contributed by atoms with E-state index in [-0.39, 0.29) is 37.2 Å². The first kappa shape index (κ1) is 67.1. The first-order valence-corrected chi connectivity index (χ1v) is 29.9. The fourth-order valence-corrected chi connectivity index (χ4v) is 9.05. The molecule has 0 aromatic heterocycles. The fourth-order valence-electron chi connectivity index (χ4n) is 9.05. The number of ether oxygens (including phenoxy) is 2. The van der Waals surface area contributed by atoms with E-state index in [1.54, 1.807) is 0 Å². The van der Waals surface area contributed by atoms with Gasteiger partial charge in [-0.1, -0.05) is 237 Å². The molecule has 0 saturated carbocycles. The zero-order valence-electron chi connectivity index (χ0n) is 47.3. The molecule has 12 nitrogen and oxygen atoms in total. The minimum Gasteiger partial charge on any atom is -0.460 e. The van der Waals surface area contributed by atoms with Crippen LogP contribution < -0.4 is 21.3 Å². The van der Waals surface area contributed by atoms with E-state index in [9.17, 15) is 28.8 Å². The van der Waals surface area contributed by atoms with E-state index in [2.05, 4.69) is 35.1 Å². The zero-order valence-corrected chi connectivity index (χ0v) is 47.3. The van der Waals surface area contributed by atoms with Gasteiger partial charge in [-0.05, 0) is 52.0 Å². The molecule has 0 bridgehead atoms. The minimum absolute atomic E-state index is 0.0364. The second kappa shape index (κ2) is 46.6. The van der Waals surface area contributed by atoms with Crippen LogP contribution in [0.4, 0.5) is 0 Å². The van der Waals surface area contributed by atoms with Gasteiger partial charge in [0.15, 0.2) is 0 Å². The van der Waals surface area contributed by atoms with Crippen LogP contribution in [0.25, 0.3) is 0 Å². The van der Waals surface area contributed by atoms with Crippen LogP contribution in [0, 0.1) is 0 Å². The molecule has 0 fully saturated rings. The zero-order chi connectivity index (χ0) is 53.5. The lowest BCUT2D eigenvalue weighted by atomic mass is 10.0. The van der Waals surface area contributed by atoms with Gasteiger partial charge in [-0.3, -0.25) is 24.0 Å². The summed E-state index contributed by atoms with van der Waals surface area (Å²) in [5.41, 5.74) is 0.263. The summed E-state index contributed by atoms with van der Waals surface area (Å²) in [6, 6.07) is 6.70. The van der Waals surface area contributed by atoms with Crippen molar-refractivity contribution in [1.29, 1.82) is 0 Å². The second-order valence-corrected chi connectivity index (χ2v) is 21.8. The van der Waals surface area contributed by atoms with Gasteiger partial charge in [-0.15, -0.1) is 0 Å². The van der Waals surface area contributed by atoms with Crippen molar-refractivity contribution in [3.63, 3.8) is 0 Å². The molecule has 0 spiro atoms. The number of benzene rings is 1. The summed E-state index contributed by atoms with van der Waals surface area (Å²) in [4.78, 5) is 79.3. The average molecular weight is 1030 g/mol. The van der Waals surface area contributed by atoms with Gasteiger partial charge >= 0.3 is 11.9 Å². The molecule has 0 aliphatic rings. The van der Waals surface area contributed by atoms with Crippen molar-refractivity contribution >= 4 is 35.6 Å². The third-order valence-corrected chi connectivity index (χ3v) is 13.4. The Morgan fingerprint density at radius 2 is 0.822 bits per heavy atom. The highest BCUT2D eigenvalue weighted by Gasteiger charge is 2.29. The highest BCUT2D eigenvalue weighted by Crippen LogP contribution is 2.16. The predicted octanol–water partition coefficient (Wildman–Crippen LogP) is 14.1. The first-order chi connectivity index (χ1) is 35.3. The quantitative estimate of drug-likeness (QED) is 0.0369. The van der Waals surface area contributed by atoms with E-state index in [1.807, 2.05) is 51.1 Å². The average Bonchev–Trinajstić information content (AvgIpc) is 3.35. The van der Waals surface area contributed by atoms with Crippen molar-refractivity contribution < 1.29 is 38.2 Å². The molecule has 0 radical (unpaired) electrons. The third-order valence-electron chi connectivity index (χ3n) is 13.4. The third kappa shape index (κ3) is 43.0. The summed E-state index contributed by atoms with van der Waals surface area (Å²) < 4.78 is 11.0. The van der Waals surface area contributed by atoms with Crippen LogP contribution >= 0.6 is 0 Å². The van der Waals surface area contributed by atoms with Crippen LogP contribution in [0.3, 0.4) is 0 Å². The smallest absolute Gasteiger partial charge is 0.329 e. The summed E-state index contributed by atoms with van der Waals surface area (Å²) in [6.07, 6.45) is 39.3. The summed E-state index contributed by atoms with van der Waals surface area (Å²) in [7, 11) is 0. The van der Waals surface area contributed by atoms with Crippen LogP contribution in [-0.4, -0.2) is 66.3 Å². The highest BCUT2D eigenvalue weighted by atomic mass is 16.6. The molecule has 0 unspecified atom stereocenters. The fraction of sp³-hybridized carbons (Fsp3) is 0.803. The molecule has 12 heteroatoms. The van der Waals surface area contributed by atoms with E-state index < -0.39 is 41.9 Å². The molecule has 4 N–H and O–H groups in total. The molecule has 73 heavy (non-hydrogen) atoms. The summed E-state index contributed by atoms with van der Waals surface area (Å²) in [5.74, 6) is -2.77. The largest absolute Gasteiger partial charge is 0.460 e. The molecule has 1 aromatic carbocycles. The molecule has 2 atom stereocenters. The maximum Gasteiger partial charge on any atom is 0.329 e. The molecule has 0 heterocycles. The van der Waals surface area contributed by atoms with Crippen LogP contribution in [0.2, 0.25) is 0 Å². The summed E-state index contributed by atoms with van der Waals surface area (Å²) in [6.45, 7) is 11.0. The number of rotatable bonds is 49. The Morgan fingerprint density at radius 3 is 1.27 bits per heavy atom. The molecule has 1 aromatic rings. The second-order valence-electron chi connectivity index (χ2n) is 21.8. The molecule has 0 aliphatic heterocycles. The van der Waals surface area contributed by atoms with Crippen molar-refractivity contribution in [2.75, 3.05) is 13.1 Å². The Labute approximate surface area is 445 Å². The number of unbranched alkanes of at least 4 members (excludes halogenated alkanes) is 31. The Bertz CT molecular complexity index is 1550. The van der Waals surface area contributed by atoms with E-state index in [0.29, 0.717) is 25.9 Å². The normalized spacial score (nSPS) is 12.2. The van der Waals surface area contributed by atoms with Gasteiger partial charge in [-0.2, -0.15) is 0 Å². The van der Waals surface area contributed by atoms with Crippen LogP contribution in [0.1, 0.15) is 284 Å². The number of esters is 2. The number of carbonyl (C=O) groups is 6. The van der Waals surface area contributed by atoms with E-state index in [1.165, 1.54) is 141 Å². The lowest BCUT2D eigenvalue weighted by Gasteiger charge is -2.21. The summed E-state index contributed by atoms with van der Waals surface area (Å²) >= 11 is 0. The molecular formula is C61H108N4O8. The molecule has 4 amide bonds. The Morgan fingerprint density at radius 1 is 0.438 bits per heavy atom. The van der Waals surface area contributed by atoms with Gasteiger partial charge in [0.2, 0.25) is 23.6 Å². The summed E-state index contributed by atoms with van der Waals surface area (Å²) in [5, 5.41) is 11.4. The van der Waals surface area contributed by atoms with Crippen LogP contribution in [0.5, 0.6) is 0 Å². The maximum absolute atomic E-state index is 13.7. The van der Waals surface area contributed by atoms with Crippen molar-refractivity contribution in [3.8, 4) is 0 Å². The van der Waals surface area contributed by atoms with Crippen LogP contribution in [0.15, 0.2) is 30.3 Å². The lowest BCUT2D eigenvalue weighted by Crippen LogP contribution is -2.51. The standard InChI is InChI=1S/C61H108N4O8/c1-6-8-10-12-14-16-18-20-22-24-26-30-34-41-47-62-56(67)49-53(59(70)63-48-42-35-31-27-25-23-21-19-17-15-13-11-9-7-2)64-57(68)50-54(60(71)72-51-52-43-37-36-38-44-52)65-55(66)45-39-32-28-29-33-40-46-58(69)73-61(3,4)5/h36-38,43-44,53-54H,6-35,39-42,45-51H2,1-5H3,(H,62,67)(H,63,70)(H,64,68)(H,65,66)/t53-,54-/m0/s1. The number of nitrogens with one attached hydrogen (secondary N) is 4. The monoisotopic (exact) mass is 1020 g/mol. The van der Waals surface area contributed by atoms with Crippen LogP contribution in [-0.2, 0) is 44.8 Å². The Balaban J connectivity index is 2.74. The van der Waals surface area contributed by atoms with Gasteiger partial charge in [0, 0.05) is 25.9 Å². The highest BCUT2D eigenvalue weighted by molar-refractivity contribution is 5.94. The molecule has 0 aliphatic carbocycles. The van der Waals surface area contributed by atoms with Crippen molar-refractivity contribution in [2.24, 2.45) is 0 Å². The molecule has 420 valence electrons. The van der Waals surface area contributed by atoms with Gasteiger partial charge in [0.25, 0.3) is 0 Å². The van der Waals surface area contributed by atoms with Crippen molar-refractivity contribution in [2.45, 2.75) is 303 Å². The number of hydrogen-bond acceptors (Lipinski definition) is 8. The Kier molecular flexibility index (Phi) is 42.8. The SMILES string of the molecule is CCCCCCCCCCCCCCCCNC(=O)C[C@H](NC(=O)C[C@H](NC(=O)CCCCCCCCC(=O)OC(C)(C)C)C(=O)OCc1ccccc1)C(=O)NCCCCCCCCCCCCCCCC. The molecular weight excluding hydrogens is 917 g/mol. The van der Waals surface area contributed by atoms with Gasteiger partial charge in [0.1, 0.15) is 24.3 Å². The van der Waals surface area contributed by atoms with Gasteiger partial charge < -0.3 is 30.7 Å². The maximum atomic E-state index is 13.7. The topological polar surface area (TPSA) is 169 Å².